The maximum Gasteiger partial charge on any atom is 0.310 e. The zero-order chi connectivity index (χ0) is 18.4. The molecule has 0 radical (unpaired) electrons. The van der Waals surface area contributed by atoms with Gasteiger partial charge >= 0.3 is 5.69 Å². The molecule has 0 unspecified atom stereocenters. The number of benzene rings is 2. The molecule has 0 saturated heterocycles. The Morgan fingerprint density at radius 3 is 2.72 bits per heavy atom. The van der Waals surface area contributed by atoms with Gasteiger partial charge in [0.2, 0.25) is 0 Å². The van der Waals surface area contributed by atoms with Crippen LogP contribution in [-0.2, 0) is 4.79 Å². The third-order valence-corrected chi connectivity index (χ3v) is 3.93. The molecule has 9 heteroatoms. The van der Waals surface area contributed by atoms with Crippen molar-refractivity contribution in [3.8, 4) is 5.75 Å². The number of nitro benzene ring substituents is 1. The molecule has 0 aliphatic heterocycles. The van der Waals surface area contributed by atoms with Crippen LogP contribution in [-0.4, -0.2) is 23.1 Å². The number of halogens is 2. The second-order valence-electron chi connectivity index (χ2n) is 4.86. The SMILES string of the molecule is C[C@@H](Oc1ccccc1[N+](=O)[O-])C(=O)N/N=C\c1cccc(Cl)c1Cl. The van der Waals surface area contributed by atoms with E-state index in [1.54, 1.807) is 24.3 Å². The molecule has 7 nitrogen and oxygen atoms in total. The molecule has 0 fully saturated rings. The Morgan fingerprint density at radius 1 is 1.28 bits per heavy atom. The maximum absolute atomic E-state index is 12.0. The molecule has 2 aromatic rings. The molecule has 0 aliphatic rings. The summed E-state index contributed by atoms with van der Waals surface area (Å²) in [7, 11) is 0. The highest BCUT2D eigenvalue weighted by Gasteiger charge is 2.20. The van der Waals surface area contributed by atoms with Crippen LogP contribution in [0.5, 0.6) is 5.75 Å². The van der Waals surface area contributed by atoms with E-state index in [0.717, 1.165) is 0 Å². The summed E-state index contributed by atoms with van der Waals surface area (Å²) < 4.78 is 5.34. The first-order chi connectivity index (χ1) is 11.9. The largest absolute Gasteiger partial charge is 0.474 e. The fourth-order valence-electron chi connectivity index (χ4n) is 1.83. The summed E-state index contributed by atoms with van der Waals surface area (Å²) in [6, 6.07) is 10.8. The van der Waals surface area contributed by atoms with Crippen LogP contribution < -0.4 is 10.2 Å². The van der Waals surface area contributed by atoms with Crippen LogP contribution >= 0.6 is 23.2 Å². The van der Waals surface area contributed by atoms with Gasteiger partial charge < -0.3 is 4.74 Å². The Labute approximate surface area is 153 Å². The minimum atomic E-state index is -0.993. The number of ether oxygens (including phenoxy) is 1. The second kappa shape index (κ2) is 8.46. The minimum absolute atomic E-state index is 0.00276. The van der Waals surface area contributed by atoms with Gasteiger partial charge in [0.05, 0.1) is 21.2 Å². The molecule has 1 N–H and O–H groups in total. The molecule has 2 rings (SSSR count). The molecule has 0 heterocycles. The van der Waals surface area contributed by atoms with Crippen LogP contribution in [0.1, 0.15) is 12.5 Å². The summed E-state index contributed by atoms with van der Waals surface area (Å²) in [5, 5.41) is 15.4. The quantitative estimate of drug-likeness (QED) is 0.467. The van der Waals surface area contributed by atoms with Crippen molar-refractivity contribution in [1.82, 2.24) is 5.43 Å². The third-order valence-electron chi connectivity index (χ3n) is 3.09. The van der Waals surface area contributed by atoms with Gasteiger partial charge in [-0.25, -0.2) is 5.43 Å². The fourth-order valence-corrected chi connectivity index (χ4v) is 2.18. The predicted octanol–water partition coefficient (Wildman–Crippen LogP) is 3.82. The van der Waals surface area contributed by atoms with Gasteiger partial charge in [-0.15, -0.1) is 0 Å². The number of para-hydroxylation sites is 2. The lowest BCUT2D eigenvalue weighted by atomic mass is 10.2. The van der Waals surface area contributed by atoms with Crippen LogP contribution in [0.25, 0.3) is 0 Å². The Morgan fingerprint density at radius 2 is 2.00 bits per heavy atom. The fraction of sp³-hybridized carbons (Fsp3) is 0.125. The van der Waals surface area contributed by atoms with Crippen molar-refractivity contribution in [3.05, 3.63) is 68.2 Å². The number of nitrogens with one attached hydrogen (secondary N) is 1. The van der Waals surface area contributed by atoms with Gasteiger partial charge in [0.15, 0.2) is 11.9 Å². The Hall–Kier alpha value is -2.64. The molecule has 130 valence electrons. The van der Waals surface area contributed by atoms with E-state index in [2.05, 4.69) is 10.5 Å². The summed E-state index contributed by atoms with van der Waals surface area (Å²) in [5.74, 6) is -0.579. The zero-order valence-corrected chi connectivity index (χ0v) is 14.5. The van der Waals surface area contributed by atoms with Crippen molar-refractivity contribution in [1.29, 1.82) is 0 Å². The number of hydrazone groups is 1. The first kappa shape index (κ1) is 18.7. The number of carbonyl (C=O) groups is 1. The topological polar surface area (TPSA) is 93.8 Å². The summed E-state index contributed by atoms with van der Waals surface area (Å²) in [6.07, 6.45) is 0.345. The zero-order valence-electron chi connectivity index (χ0n) is 13.0. The average molecular weight is 382 g/mol. The molecular formula is C16H13Cl2N3O4. The molecule has 0 aromatic heterocycles. The summed E-state index contributed by atoms with van der Waals surface area (Å²) >= 11 is 11.9. The number of rotatable bonds is 6. The summed E-state index contributed by atoms with van der Waals surface area (Å²) in [4.78, 5) is 22.3. The number of hydrogen-bond acceptors (Lipinski definition) is 5. The van der Waals surface area contributed by atoms with Crippen molar-refractivity contribution in [2.75, 3.05) is 0 Å². The second-order valence-corrected chi connectivity index (χ2v) is 5.65. The van der Waals surface area contributed by atoms with Crippen LogP contribution in [0.4, 0.5) is 5.69 Å². The van der Waals surface area contributed by atoms with E-state index < -0.39 is 16.9 Å². The van der Waals surface area contributed by atoms with E-state index >= 15 is 0 Å². The molecule has 0 saturated carbocycles. The normalized spacial score (nSPS) is 12.0. The van der Waals surface area contributed by atoms with Crippen molar-refractivity contribution in [2.45, 2.75) is 13.0 Å². The van der Waals surface area contributed by atoms with E-state index in [1.807, 2.05) is 0 Å². The molecule has 2 aromatic carbocycles. The van der Waals surface area contributed by atoms with Crippen LogP contribution in [0.15, 0.2) is 47.6 Å². The van der Waals surface area contributed by atoms with Crippen LogP contribution in [0.2, 0.25) is 10.0 Å². The highest BCUT2D eigenvalue weighted by atomic mass is 35.5. The minimum Gasteiger partial charge on any atom is -0.474 e. The number of nitrogens with zero attached hydrogens (tertiary/aromatic N) is 2. The van der Waals surface area contributed by atoms with Crippen molar-refractivity contribution in [2.24, 2.45) is 5.10 Å². The lowest BCUT2D eigenvalue weighted by Crippen LogP contribution is -2.33. The van der Waals surface area contributed by atoms with Gasteiger partial charge in [-0.3, -0.25) is 14.9 Å². The smallest absolute Gasteiger partial charge is 0.310 e. The van der Waals surface area contributed by atoms with Gasteiger partial charge in [0, 0.05) is 11.6 Å². The molecule has 0 bridgehead atoms. The Bertz CT molecular complexity index is 827. The molecule has 25 heavy (non-hydrogen) atoms. The van der Waals surface area contributed by atoms with Gasteiger partial charge in [-0.1, -0.05) is 47.5 Å². The van der Waals surface area contributed by atoms with Gasteiger partial charge in [0.25, 0.3) is 5.91 Å². The molecule has 0 spiro atoms. The number of carbonyl (C=O) groups excluding carboxylic acids is 1. The summed E-state index contributed by atoms with van der Waals surface area (Å²) in [5.41, 5.74) is 2.58. The average Bonchev–Trinajstić information content (AvgIpc) is 2.58. The molecule has 1 atom stereocenters. The van der Waals surface area contributed by atoms with E-state index in [0.29, 0.717) is 15.6 Å². The lowest BCUT2D eigenvalue weighted by Gasteiger charge is -2.12. The first-order valence-corrected chi connectivity index (χ1v) is 7.82. The Kier molecular flexibility index (Phi) is 6.32. The van der Waals surface area contributed by atoms with Crippen LogP contribution in [0, 0.1) is 10.1 Å². The molecular weight excluding hydrogens is 369 g/mol. The Balaban J connectivity index is 2.00. The maximum atomic E-state index is 12.0. The highest BCUT2D eigenvalue weighted by Crippen LogP contribution is 2.27. The van der Waals surface area contributed by atoms with Gasteiger partial charge in [0.1, 0.15) is 0 Å². The van der Waals surface area contributed by atoms with Gasteiger partial charge in [-0.05, 0) is 19.1 Å². The number of nitro groups is 1. The standard InChI is InChI=1S/C16H13Cl2N3O4/c1-10(25-14-8-3-2-7-13(14)21(23)24)16(22)20-19-9-11-5-4-6-12(17)15(11)18/h2-10H,1H3,(H,20,22)/b19-9-/t10-/m1/s1. The van der Waals surface area contributed by atoms with Crippen molar-refractivity contribution >= 4 is 41.0 Å². The van der Waals surface area contributed by atoms with E-state index in [4.69, 9.17) is 27.9 Å². The summed E-state index contributed by atoms with van der Waals surface area (Å²) in [6.45, 7) is 1.45. The monoisotopic (exact) mass is 381 g/mol. The van der Waals surface area contributed by atoms with E-state index in [-0.39, 0.29) is 11.4 Å². The molecule has 1 amide bonds. The van der Waals surface area contributed by atoms with Crippen molar-refractivity contribution < 1.29 is 14.5 Å². The first-order valence-electron chi connectivity index (χ1n) is 7.07. The molecule has 0 aliphatic carbocycles. The van der Waals surface area contributed by atoms with E-state index in [9.17, 15) is 14.9 Å². The van der Waals surface area contributed by atoms with Gasteiger partial charge in [-0.2, -0.15) is 5.10 Å². The number of amides is 1. The van der Waals surface area contributed by atoms with Crippen LogP contribution in [0.3, 0.4) is 0 Å². The predicted molar refractivity (Wildman–Crippen MR) is 95.4 cm³/mol. The van der Waals surface area contributed by atoms with Crippen molar-refractivity contribution in [3.63, 3.8) is 0 Å². The number of hydrogen-bond donors (Lipinski definition) is 1. The lowest BCUT2D eigenvalue weighted by molar-refractivity contribution is -0.386. The third kappa shape index (κ3) is 4.91. The highest BCUT2D eigenvalue weighted by molar-refractivity contribution is 6.43. The van der Waals surface area contributed by atoms with E-state index in [1.165, 1.54) is 31.3 Å².